The molecule has 0 aromatic heterocycles. The van der Waals surface area contributed by atoms with E-state index in [0.29, 0.717) is 6.54 Å². The van der Waals surface area contributed by atoms with Crippen LogP contribution in [0, 0.1) is 11.8 Å². The first-order valence-electron chi connectivity index (χ1n) is 5.21. The van der Waals surface area contributed by atoms with Gasteiger partial charge in [-0.05, 0) is 12.3 Å². The van der Waals surface area contributed by atoms with E-state index in [-0.39, 0.29) is 24.3 Å². The molecule has 1 unspecified atom stereocenters. The fraction of sp³-hybridized carbons (Fsp3) is 0.900. The molecule has 1 aliphatic rings. The van der Waals surface area contributed by atoms with E-state index in [1.54, 1.807) is 4.90 Å². The Kier molecular flexibility index (Phi) is 3.89. The predicted molar refractivity (Wildman–Crippen MR) is 54.6 cm³/mol. The van der Waals surface area contributed by atoms with Gasteiger partial charge < -0.3 is 15.7 Å². The lowest BCUT2D eigenvalue weighted by atomic mass is 10.0. The third-order valence-electron chi connectivity index (χ3n) is 2.86. The highest BCUT2D eigenvalue weighted by Crippen LogP contribution is 2.17. The van der Waals surface area contributed by atoms with Crippen LogP contribution in [0.2, 0.25) is 0 Å². The van der Waals surface area contributed by atoms with Gasteiger partial charge in [0.25, 0.3) is 0 Å². The number of likely N-dealkylation sites (tertiary alicyclic amines) is 1. The molecule has 2 atom stereocenters. The molecule has 0 bridgehead atoms. The second-order valence-corrected chi connectivity index (χ2v) is 4.39. The van der Waals surface area contributed by atoms with E-state index in [0.717, 1.165) is 13.0 Å². The Morgan fingerprint density at radius 3 is 2.71 bits per heavy atom. The van der Waals surface area contributed by atoms with Gasteiger partial charge in [-0.3, -0.25) is 4.79 Å². The maximum atomic E-state index is 11.8. The Labute approximate surface area is 85.1 Å². The highest BCUT2D eigenvalue weighted by Gasteiger charge is 2.29. The lowest BCUT2D eigenvalue weighted by Gasteiger charge is -2.22. The zero-order valence-electron chi connectivity index (χ0n) is 8.94. The van der Waals surface area contributed by atoms with Crippen molar-refractivity contribution < 1.29 is 9.90 Å². The van der Waals surface area contributed by atoms with Crippen molar-refractivity contribution in [1.29, 1.82) is 0 Å². The monoisotopic (exact) mass is 200 g/mol. The Hall–Kier alpha value is -0.610. The molecule has 82 valence electrons. The lowest BCUT2D eigenvalue weighted by Crippen LogP contribution is -2.45. The van der Waals surface area contributed by atoms with Gasteiger partial charge in [0.1, 0.15) is 0 Å². The Balaban J connectivity index is 2.47. The number of carbonyl (C=O) groups is 1. The van der Waals surface area contributed by atoms with Crippen molar-refractivity contribution in [3.05, 3.63) is 0 Å². The minimum atomic E-state index is -0.396. The molecule has 1 saturated heterocycles. The van der Waals surface area contributed by atoms with Crippen molar-refractivity contribution in [2.75, 3.05) is 19.7 Å². The standard InChI is InChI=1S/C10H20N2O2/c1-7(2)9(11)10(14)12-4-3-8(5-12)6-13/h7-9,13H,3-6,11H2,1-2H3/t8?,9-/m0/s1. The second kappa shape index (κ2) is 4.75. The summed E-state index contributed by atoms with van der Waals surface area (Å²) in [7, 11) is 0. The van der Waals surface area contributed by atoms with Crippen LogP contribution in [0.1, 0.15) is 20.3 Å². The topological polar surface area (TPSA) is 66.6 Å². The number of nitrogens with two attached hydrogens (primary N) is 1. The molecule has 1 fully saturated rings. The van der Waals surface area contributed by atoms with Crippen molar-refractivity contribution in [3.8, 4) is 0 Å². The van der Waals surface area contributed by atoms with Crippen molar-refractivity contribution in [2.45, 2.75) is 26.3 Å². The summed E-state index contributed by atoms with van der Waals surface area (Å²) in [5.41, 5.74) is 5.77. The molecule has 1 aliphatic heterocycles. The predicted octanol–water partition coefficient (Wildman–Crippen LogP) is -0.189. The third-order valence-corrected chi connectivity index (χ3v) is 2.86. The highest BCUT2D eigenvalue weighted by atomic mass is 16.3. The summed E-state index contributed by atoms with van der Waals surface area (Å²) in [5.74, 6) is 0.449. The largest absolute Gasteiger partial charge is 0.396 e. The first-order chi connectivity index (χ1) is 6.56. The van der Waals surface area contributed by atoms with Gasteiger partial charge in [-0.15, -0.1) is 0 Å². The molecule has 4 heteroatoms. The quantitative estimate of drug-likeness (QED) is 0.663. The SMILES string of the molecule is CC(C)[C@H](N)C(=O)N1CCC(CO)C1. The second-order valence-electron chi connectivity index (χ2n) is 4.39. The van der Waals surface area contributed by atoms with E-state index in [1.165, 1.54) is 0 Å². The van der Waals surface area contributed by atoms with Gasteiger partial charge in [-0.2, -0.15) is 0 Å². The lowest BCUT2D eigenvalue weighted by molar-refractivity contribution is -0.132. The van der Waals surface area contributed by atoms with Gasteiger partial charge in [-0.1, -0.05) is 13.8 Å². The summed E-state index contributed by atoms with van der Waals surface area (Å²) in [4.78, 5) is 13.5. The molecule has 1 rings (SSSR count). The highest BCUT2D eigenvalue weighted by molar-refractivity contribution is 5.82. The number of aliphatic hydroxyl groups is 1. The summed E-state index contributed by atoms with van der Waals surface area (Å²) in [6.07, 6.45) is 0.896. The van der Waals surface area contributed by atoms with Crippen LogP contribution in [0.15, 0.2) is 0 Å². The molecule has 0 aromatic rings. The molecule has 1 amide bonds. The first-order valence-corrected chi connectivity index (χ1v) is 5.21. The summed E-state index contributed by atoms with van der Waals surface area (Å²) < 4.78 is 0. The van der Waals surface area contributed by atoms with Crippen LogP contribution in [0.4, 0.5) is 0 Å². The summed E-state index contributed by atoms with van der Waals surface area (Å²) in [6, 6.07) is -0.396. The average molecular weight is 200 g/mol. The normalized spacial score (nSPS) is 24.4. The Morgan fingerprint density at radius 2 is 2.29 bits per heavy atom. The van der Waals surface area contributed by atoms with Crippen molar-refractivity contribution in [3.63, 3.8) is 0 Å². The molecule has 0 spiro atoms. The number of hydrogen-bond acceptors (Lipinski definition) is 3. The summed E-state index contributed by atoms with van der Waals surface area (Å²) in [5, 5.41) is 8.94. The molecular weight excluding hydrogens is 180 g/mol. The molecule has 0 aromatic carbocycles. The summed E-state index contributed by atoms with van der Waals surface area (Å²) in [6.45, 7) is 5.46. The Bertz CT molecular complexity index is 206. The van der Waals surface area contributed by atoms with Crippen LogP contribution in [0.5, 0.6) is 0 Å². The number of hydrogen-bond donors (Lipinski definition) is 2. The third kappa shape index (κ3) is 2.45. The van der Waals surface area contributed by atoms with E-state index in [4.69, 9.17) is 10.8 Å². The number of amides is 1. The van der Waals surface area contributed by atoms with E-state index in [2.05, 4.69) is 0 Å². The van der Waals surface area contributed by atoms with Crippen molar-refractivity contribution >= 4 is 5.91 Å². The van der Waals surface area contributed by atoms with Crippen LogP contribution in [0.25, 0.3) is 0 Å². The van der Waals surface area contributed by atoms with Crippen LogP contribution < -0.4 is 5.73 Å². The van der Waals surface area contributed by atoms with Gasteiger partial charge >= 0.3 is 0 Å². The maximum Gasteiger partial charge on any atom is 0.239 e. The zero-order chi connectivity index (χ0) is 10.7. The number of nitrogens with zero attached hydrogens (tertiary/aromatic N) is 1. The maximum absolute atomic E-state index is 11.8. The van der Waals surface area contributed by atoms with Crippen molar-refractivity contribution in [2.24, 2.45) is 17.6 Å². The Morgan fingerprint density at radius 1 is 1.64 bits per heavy atom. The molecule has 1 heterocycles. The van der Waals surface area contributed by atoms with E-state index >= 15 is 0 Å². The fourth-order valence-corrected chi connectivity index (χ4v) is 1.68. The number of carbonyl (C=O) groups excluding carboxylic acids is 1. The van der Waals surface area contributed by atoms with Gasteiger partial charge in [0, 0.05) is 25.6 Å². The molecule has 3 N–H and O–H groups in total. The van der Waals surface area contributed by atoms with Crippen LogP contribution >= 0.6 is 0 Å². The first kappa shape index (κ1) is 11.5. The number of rotatable bonds is 3. The number of aliphatic hydroxyl groups excluding tert-OH is 1. The van der Waals surface area contributed by atoms with Gasteiger partial charge in [0.05, 0.1) is 6.04 Å². The van der Waals surface area contributed by atoms with Gasteiger partial charge in [0.2, 0.25) is 5.91 Å². The van der Waals surface area contributed by atoms with Crippen LogP contribution in [-0.2, 0) is 4.79 Å². The molecule has 14 heavy (non-hydrogen) atoms. The molecule has 0 aliphatic carbocycles. The van der Waals surface area contributed by atoms with E-state index in [9.17, 15) is 4.79 Å². The minimum absolute atomic E-state index is 0.0240. The van der Waals surface area contributed by atoms with E-state index < -0.39 is 6.04 Å². The van der Waals surface area contributed by atoms with Gasteiger partial charge in [0.15, 0.2) is 0 Å². The molecule has 0 saturated carbocycles. The fourth-order valence-electron chi connectivity index (χ4n) is 1.68. The molecule has 0 radical (unpaired) electrons. The summed E-state index contributed by atoms with van der Waals surface area (Å²) >= 11 is 0. The van der Waals surface area contributed by atoms with E-state index in [1.807, 2.05) is 13.8 Å². The zero-order valence-corrected chi connectivity index (χ0v) is 8.94. The molecular formula is C10H20N2O2. The minimum Gasteiger partial charge on any atom is -0.396 e. The van der Waals surface area contributed by atoms with Crippen molar-refractivity contribution in [1.82, 2.24) is 4.90 Å². The molecule has 4 nitrogen and oxygen atoms in total. The van der Waals surface area contributed by atoms with Gasteiger partial charge in [-0.25, -0.2) is 0 Å². The average Bonchev–Trinajstić information content (AvgIpc) is 2.63. The smallest absolute Gasteiger partial charge is 0.239 e. The van der Waals surface area contributed by atoms with Crippen LogP contribution in [0.3, 0.4) is 0 Å². The van der Waals surface area contributed by atoms with Crippen LogP contribution in [-0.4, -0.2) is 41.7 Å².